The van der Waals surface area contributed by atoms with E-state index < -0.39 is 0 Å². The van der Waals surface area contributed by atoms with Crippen molar-refractivity contribution in [3.05, 3.63) is 0 Å². The summed E-state index contributed by atoms with van der Waals surface area (Å²) < 4.78 is 0.822. The van der Waals surface area contributed by atoms with E-state index in [0.717, 1.165) is 10.4 Å². The van der Waals surface area contributed by atoms with Gasteiger partial charge in [-0.25, -0.2) is 0 Å². The van der Waals surface area contributed by atoms with Gasteiger partial charge in [-0.15, -0.1) is 0 Å². The predicted octanol–water partition coefficient (Wildman–Crippen LogP) is 0.973. The van der Waals surface area contributed by atoms with Crippen molar-refractivity contribution in [2.75, 3.05) is 21.1 Å². The van der Waals surface area contributed by atoms with E-state index in [1.165, 1.54) is 5.84 Å². The second-order valence-electron chi connectivity index (χ2n) is 4.70. The number of hydrogen-bond donors (Lipinski definition) is 0. The molecule has 0 amide bonds. The molecule has 0 N–H and O–H groups in total. The number of rotatable bonds is 0. The van der Waals surface area contributed by atoms with E-state index in [-0.39, 0.29) is 0 Å². The maximum Gasteiger partial charge on any atom is 0.226 e. The van der Waals surface area contributed by atoms with Crippen LogP contribution in [0.5, 0.6) is 0 Å². The minimum absolute atomic E-state index is 0.669. The summed E-state index contributed by atoms with van der Waals surface area (Å²) in [6.07, 6.45) is 1.99. The first-order valence-corrected chi connectivity index (χ1v) is 4.45. The molecule has 0 radical (unpaired) electrons. The van der Waals surface area contributed by atoms with Crippen LogP contribution in [0, 0.1) is 17.8 Å². The first kappa shape index (κ1) is 7.92. The minimum atomic E-state index is 0.669. The molecule has 1 heterocycles. The van der Waals surface area contributed by atoms with E-state index in [4.69, 9.17) is 0 Å². The summed E-state index contributed by atoms with van der Waals surface area (Å²) in [5, 5.41) is 8.28. The lowest BCUT2D eigenvalue weighted by Crippen LogP contribution is -2.43. The van der Waals surface area contributed by atoms with Crippen molar-refractivity contribution >= 4 is 12.1 Å². The zero-order valence-electron chi connectivity index (χ0n) is 8.15. The second-order valence-corrected chi connectivity index (χ2v) is 4.70. The van der Waals surface area contributed by atoms with E-state index in [2.05, 4.69) is 38.3 Å². The van der Waals surface area contributed by atoms with Crippen LogP contribution in [0.3, 0.4) is 0 Å². The highest BCUT2D eigenvalue weighted by molar-refractivity contribution is 5.89. The lowest BCUT2D eigenvalue weighted by molar-refractivity contribution is -0.779. The highest BCUT2D eigenvalue weighted by Gasteiger charge is 2.55. The molecule has 0 aromatic rings. The third kappa shape index (κ3) is 1.00. The Balaban J connectivity index is 2.27. The molecule has 2 aliphatic rings. The van der Waals surface area contributed by atoms with Gasteiger partial charge in [0.2, 0.25) is 5.84 Å². The van der Waals surface area contributed by atoms with Crippen LogP contribution < -0.4 is 0 Å². The number of nitrogens with zero attached hydrogens (tertiary/aromatic N) is 3. The summed E-state index contributed by atoms with van der Waals surface area (Å²) in [5.74, 6) is 3.33. The molecule has 3 unspecified atom stereocenters. The lowest BCUT2D eigenvalue weighted by Gasteiger charge is -2.25. The van der Waals surface area contributed by atoms with Gasteiger partial charge in [-0.3, -0.25) is 4.48 Å². The van der Waals surface area contributed by atoms with Crippen molar-refractivity contribution in [3.63, 3.8) is 0 Å². The number of fused-ring (bicyclic) bond motifs is 1. The van der Waals surface area contributed by atoms with Crippen LogP contribution in [0.1, 0.15) is 6.92 Å². The van der Waals surface area contributed by atoms with Crippen LogP contribution in [0.4, 0.5) is 0 Å². The standard InChI is InChI=1S/C9H16N3/c1-6-7-5-10-11-9(8(6)7)12(2,3)4/h5-8H,1-4H3/q+1. The predicted molar refractivity (Wildman–Crippen MR) is 50.1 cm³/mol. The van der Waals surface area contributed by atoms with Gasteiger partial charge in [-0.1, -0.05) is 12.0 Å². The fraction of sp³-hybridized carbons (Fsp3) is 0.778. The zero-order chi connectivity index (χ0) is 8.93. The first-order chi connectivity index (χ1) is 5.52. The van der Waals surface area contributed by atoms with Gasteiger partial charge >= 0.3 is 0 Å². The van der Waals surface area contributed by atoms with Crippen LogP contribution in [0.2, 0.25) is 0 Å². The summed E-state index contributed by atoms with van der Waals surface area (Å²) in [6, 6.07) is 0. The summed E-state index contributed by atoms with van der Waals surface area (Å²) in [5.41, 5.74) is 0. The zero-order valence-corrected chi connectivity index (χ0v) is 8.15. The molecule has 2 rings (SSSR count). The Bertz CT molecular complexity index is 259. The SMILES string of the molecule is CC1C2C=NN=C([N+](C)(C)C)C12. The largest absolute Gasteiger partial charge is 0.284 e. The van der Waals surface area contributed by atoms with Gasteiger partial charge in [0.1, 0.15) is 0 Å². The first-order valence-electron chi connectivity index (χ1n) is 4.45. The van der Waals surface area contributed by atoms with Crippen LogP contribution in [-0.2, 0) is 0 Å². The molecule has 0 aromatic heterocycles. The molecule has 0 bridgehead atoms. The van der Waals surface area contributed by atoms with Crippen LogP contribution in [-0.4, -0.2) is 37.7 Å². The van der Waals surface area contributed by atoms with Crippen LogP contribution in [0.25, 0.3) is 0 Å². The van der Waals surface area contributed by atoms with E-state index in [1.54, 1.807) is 0 Å². The molecule has 1 aliphatic heterocycles. The smallest absolute Gasteiger partial charge is 0.226 e. The number of amidine groups is 1. The molecule has 66 valence electrons. The third-order valence-corrected chi connectivity index (χ3v) is 2.83. The molecule has 1 saturated carbocycles. The van der Waals surface area contributed by atoms with Crippen LogP contribution >= 0.6 is 0 Å². The average molecular weight is 166 g/mol. The molecule has 1 aliphatic carbocycles. The fourth-order valence-electron chi connectivity index (χ4n) is 1.95. The Morgan fingerprint density at radius 3 is 2.50 bits per heavy atom. The molecule has 3 nitrogen and oxygen atoms in total. The fourth-order valence-corrected chi connectivity index (χ4v) is 1.95. The van der Waals surface area contributed by atoms with E-state index in [1.807, 2.05) is 6.21 Å². The highest BCUT2D eigenvalue weighted by Crippen LogP contribution is 2.48. The molecule has 0 aromatic carbocycles. The quantitative estimate of drug-likeness (QED) is 0.479. The van der Waals surface area contributed by atoms with Crippen molar-refractivity contribution in [3.8, 4) is 0 Å². The molecular formula is C9H16N3+. The van der Waals surface area contributed by atoms with Gasteiger partial charge < -0.3 is 0 Å². The maximum atomic E-state index is 4.23. The number of hydrogen-bond acceptors (Lipinski definition) is 2. The minimum Gasteiger partial charge on any atom is -0.284 e. The van der Waals surface area contributed by atoms with Gasteiger partial charge in [0.15, 0.2) is 0 Å². The second kappa shape index (κ2) is 2.16. The van der Waals surface area contributed by atoms with Gasteiger partial charge in [0, 0.05) is 12.1 Å². The summed E-state index contributed by atoms with van der Waals surface area (Å²) in [7, 11) is 6.46. The van der Waals surface area contributed by atoms with Crippen molar-refractivity contribution in [1.29, 1.82) is 0 Å². The lowest BCUT2D eigenvalue weighted by atomic mass is 10.2. The van der Waals surface area contributed by atoms with Crippen molar-refractivity contribution in [1.82, 2.24) is 0 Å². The summed E-state index contributed by atoms with van der Waals surface area (Å²) >= 11 is 0. The summed E-state index contributed by atoms with van der Waals surface area (Å²) in [4.78, 5) is 0. The van der Waals surface area contributed by atoms with E-state index >= 15 is 0 Å². The maximum absolute atomic E-state index is 4.23. The summed E-state index contributed by atoms with van der Waals surface area (Å²) in [6.45, 7) is 2.28. The van der Waals surface area contributed by atoms with E-state index in [9.17, 15) is 0 Å². The normalized spacial score (nSPS) is 39.0. The molecule has 3 heteroatoms. The van der Waals surface area contributed by atoms with Crippen LogP contribution in [0.15, 0.2) is 10.2 Å². The topological polar surface area (TPSA) is 24.7 Å². The third-order valence-electron chi connectivity index (χ3n) is 2.83. The molecule has 3 atom stereocenters. The molecule has 1 fully saturated rings. The van der Waals surface area contributed by atoms with Crippen molar-refractivity contribution in [2.24, 2.45) is 28.0 Å². The Morgan fingerprint density at radius 2 is 2.00 bits per heavy atom. The Labute approximate surface area is 73.4 Å². The monoisotopic (exact) mass is 166 g/mol. The highest BCUT2D eigenvalue weighted by atomic mass is 15.4. The van der Waals surface area contributed by atoms with Crippen molar-refractivity contribution in [2.45, 2.75) is 6.92 Å². The molecule has 0 saturated heterocycles. The Hall–Kier alpha value is -0.700. The Morgan fingerprint density at radius 1 is 1.33 bits per heavy atom. The molecule has 12 heavy (non-hydrogen) atoms. The van der Waals surface area contributed by atoms with E-state index in [0.29, 0.717) is 11.8 Å². The number of quaternary nitrogens is 1. The van der Waals surface area contributed by atoms with Gasteiger partial charge in [0.25, 0.3) is 0 Å². The van der Waals surface area contributed by atoms with Crippen molar-refractivity contribution < 1.29 is 4.48 Å². The average Bonchev–Trinajstić information content (AvgIpc) is 2.61. The van der Waals surface area contributed by atoms with Gasteiger partial charge in [-0.2, -0.15) is 5.10 Å². The molecule has 0 spiro atoms. The van der Waals surface area contributed by atoms with Gasteiger partial charge in [0.05, 0.1) is 27.1 Å². The van der Waals surface area contributed by atoms with Gasteiger partial charge in [-0.05, 0) is 5.92 Å². The molecular weight excluding hydrogens is 150 g/mol. The Kier molecular flexibility index (Phi) is 1.43.